The molecule has 1 N–H and O–H groups in total. The molecular weight excluding hydrogens is 236 g/mol. The van der Waals surface area contributed by atoms with E-state index in [0.717, 1.165) is 19.5 Å². The van der Waals surface area contributed by atoms with Crippen LogP contribution in [-0.2, 0) is 0 Å². The fraction of sp³-hybridized carbons (Fsp3) is 0.462. The second-order valence-corrected chi connectivity index (χ2v) is 4.68. The van der Waals surface area contributed by atoms with Gasteiger partial charge in [0.1, 0.15) is 11.8 Å². The predicted molar refractivity (Wildman–Crippen MR) is 67.3 cm³/mol. The van der Waals surface area contributed by atoms with Crippen molar-refractivity contribution in [3.63, 3.8) is 0 Å². The summed E-state index contributed by atoms with van der Waals surface area (Å²) in [4.78, 5) is 0. The van der Waals surface area contributed by atoms with E-state index in [1.54, 1.807) is 18.2 Å². The average Bonchev–Trinajstić information content (AvgIpc) is 2.84. The molecule has 3 nitrogen and oxygen atoms in total. The van der Waals surface area contributed by atoms with Gasteiger partial charge in [0.25, 0.3) is 0 Å². The van der Waals surface area contributed by atoms with Crippen LogP contribution in [0.5, 0.6) is 5.75 Å². The van der Waals surface area contributed by atoms with Crippen molar-refractivity contribution < 1.29 is 4.74 Å². The van der Waals surface area contributed by atoms with Gasteiger partial charge in [-0.05, 0) is 50.0 Å². The largest absolute Gasteiger partial charge is 0.492 e. The Morgan fingerprint density at radius 3 is 3.12 bits per heavy atom. The van der Waals surface area contributed by atoms with Crippen LogP contribution in [0, 0.1) is 17.2 Å². The van der Waals surface area contributed by atoms with E-state index in [1.165, 1.54) is 6.42 Å². The van der Waals surface area contributed by atoms with Crippen LogP contribution in [0.4, 0.5) is 0 Å². The van der Waals surface area contributed by atoms with E-state index < -0.39 is 0 Å². The number of halogens is 1. The van der Waals surface area contributed by atoms with Crippen molar-refractivity contribution in [3.05, 3.63) is 28.8 Å². The van der Waals surface area contributed by atoms with Crippen LogP contribution >= 0.6 is 11.6 Å². The van der Waals surface area contributed by atoms with Crippen LogP contribution < -0.4 is 10.1 Å². The molecule has 0 amide bonds. The third-order valence-corrected chi connectivity index (χ3v) is 3.24. The topological polar surface area (TPSA) is 45.0 Å². The Labute approximate surface area is 106 Å². The van der Waals surface area contributed by atoms with Crippen LogP contribution in [0.2, 0.25) is 5.02 Å². The van der Waals surface area contributed by atoms with E-state index in [9.17, 15) is 0 Å². The Kier molecular flexibility index (Phi) is 4.24. The summed E-state index contributed by atoms with van der Waals surface area (Å²) < 4.78 is 5.64. The minimum Gasteiger partial charge on any atom is -0.492 e. The fourth-order valence-corrected chi connectivity index (χ4v) is 2.18. The fourth-order valence-electron chi connectivity index (χ4n) is 2.01. The molecule has 0 radical (unpaired) electrons. The van der Waals surface area contributed by atoms with Gasteiger partial charge in [-0.25, -0.2) is 0 Å². The molecule has 0 saturated carbocycles. The van der Waals surface area contributed by atoms with Crippen molar-refractivity contribution in [2.75, 3.05) is 19.7 Å². The molecule has 1 aromatic rings. The van der Waals surface area contributed by atoms with E-state index in [-0.39, 0.29) is 0 Å². The number of nitrogens with zero attached hydrogens (tertiary/aromatic N) is 1. The molecule has 0 aromatic heterocycles. The lowest BCUT2D eigenvalue weighted by molar-refractivity contribution is 0.283. The zero-order valence-corrected chi connectivity index (χ0v) is 10.3. The number of ether oxygens (including phenoxy) is 1. The normalized spacial score (nSPS) is 18.9. The molecule has 0 bridgehead atoms. The van der Waals surface area contributed by atoms with Crippen LogP contribution in [0.25, 0.3) is 0 Å². The maximum atomic E-state index is 8.96. The van der Waals surface area contributed by atoms with Gasteiger partial charge in [0.05, 0.1) is 12.2 Å². The predicted octanol–water partition coefficient (Wildman–Crippen LogP) is 2.59. The summed E-state index contributed by atoms with van der Waals surface area (Å²) in [6.07, 6.45) is 2.25. The number of hydrogen-bond acceptors (Lipinski definition) is 3. The standard InChI is InChI=1S/C13H15ClN2O/c14-12-1-2-13(11(7-12)8-15)17-6-4-10-3-5-16-9-10/h1-2,7,10,16H,3-6,9H2. The first kappa shape index (κ1) is 12.2. The minimum absolute atomic E-state index is 0.502. The van der Waals surface area contributed by atoms with Crippen molar-refractivity contribution >= 4 is 11.6 Å². The monoisotopic (exact) mass is 250 g/mol. The van der Waals surface area contributed by atoms with E-state index in [0.29, 0.717) is 28.9 Å². The quantitative estimate of drug-likeness (QED) is 0.893. The van der Waals surface area contributed by atoms with Gasteiger partial charge in [-0.15, -0.1) is 0 Å². The Morgan fingerprint density at radius 1 is 1.53 bits per heavy atom. The summed E-state index contributed by atoms with van der Waals surface area (Å²) >= 11 is 5.82. The van der Waals surface area contributed by atoms with Crippen LogP contribution in [0.1, 0.15) is 18.4 Å². The van der Waals surface area contributed by atoms with Crippen molar-refractivity contribution in [2.24, 2.45) is 5.92 Å². The van der Waals surface area contributed by atoms with E-state index in [1.807, 2.05) is 0 Å². The highest BCUT2D eigenvalue weighted by Crippen LogP contribution is 2.22. The number of rotatable bonds is 4. The number of hydrogen-bond donors (Lipinski definition) is 1. The SMILES string of the molecule is N#Cc1cc(Cl)ccc1OCCC1CCNC1. The first-order chi connectivity index (χ1) is 8.29. The van der Waals surface area contributed by atoms with Crippen LogP contribution in [-0.4, -0.2) is 19.7 Å². The molecule has 1 aliphatic heterocycles. The molecular formula is C13H15ClN2O. The summed E-state index contributed by atoms with van der Waals surface area (Å²) in [5.41, 5.74) is 0.502. The summed E-state index contributed by atoms with van der Waals surface area (Å²) in [5.74, 6) is 1.33. The zero-order valence-electron chi connectivity index (χ0n) is 9.58. The number of benzene rings is 1. The molecule has 1 atom stereocenters. The minimum atomic E-state index is 0.502. The third-order valence-electron chi connectivity index (χ3n) is 3.01. The van der Waals surface area contributed by atoms with Gasteiger partial charge in [-0.2, -0.15) is 5.26 Å². The molecule has 0 aliphatic carbocycles. The molecule has 2 rings (SSSR count). The van der Waals surface area contributed by atoms with Crippen molar-refractivity contribution in [1.82, 2.24) is 5.32 Å². The van der Waals surface area contributed by atoms with Crippen LogP contribution in [0.15, 0.2) is 18.2 Å². The molecule has 1 fully saturated rings. The second kappa shape index (κ2) is 5.90. The van der Waals surface area contributed by atoms with E-state index in [4.69, 9.17) is 21.6 Å². The first-order valence-corrected chi connectivity index (χ1v) is 6.20. The van der Waals surface area contributed by atoms with Crippen molar-refractivity contribution in [2.45, 2.75) is 12.8 Å². The van der Waals surface area contributed by atoms with Gasteiger partial charge >= 0.3 is 0 Å². The molecule has 0 spiro atoms. The molecule has 1 saturated heterocycles. The highest BCUT2D eigenvalue weighted by atomic mass is 35.5. The maximum absolute atomic E-state index is 8.96. The Hall–Kier alpha value is -1.24. The van der Waals surface area contributed by atoms with Gasteiger partial charge in [0.2, 0.25) is 0 Å². The zero-order chi connectivity index (χ0) is 12.1. The molecule has 17 heavy (non-hydrogen) atoms. The molecule has 1 aromatic carbocycles. The highest BCUT2D eigenvalue weighted by Gasteiger charge is 2.14. The highest BCUT2D eigenvalue weighted by molar-refractivity contribution is 6.30. The Balaban J connectivity index is 1.88. The van der Waals surface area contributed by atoms with Gasteiger partial charge in [-0.3, -0.25) is 0 Å². The lowest BCUT2D eigenvalue weighted by Crippen LogP contribution is -2.11. The third kappa shape index (κ3) is 3.36. The lowest BCUT2D eigenvalue weighted by Gasteiger charge is -2.11. The Morgan fingerprint density at radius 2 is 2.41 bits per heavy atom. The molecule has 1 heterocycles. The summed E-state index contributed by atoms with van der Waals surface area (Å²) in [6.45, 7) is 2.84. The van der Waals surface area contributed by atoms with Crippen LogP contribution in [0.3, 0.4) is 0 Å². The van der Waals surface area contributed by atoms with Gasteiger partial charge in [0, 0.05) is 5.02 Å². The number of nitrogens with one attached hydrogen (secondary N) is 1. The number of nitriles is 1. The Bertz CT molecular complexity index is 422. The summed E-state index contributed by atoms with van der Waals surface area (Å²) in [6, 6.07) is 7.23. The van der Waals surface area contributed by atoms with Crippen molar-refractivity contribution in [1.29, 1.82) is 5.26 Å². The smallest absolute Gasteiger partial charge is 0.137 e. The molecule has 1 unspecified atom stereocenters. The molecule has 90 valence electrons. The van der Waals surface area contributed by atoms with Gasteiger partial charge < -0.3 is 10.1 Å². The first-order valence-electron chi connectivity index (χ1n) is 5.83. The van der Waals surface area contributed by atoms with Gasteiger partial charge in [0.15, 0.2) is 0 Å². The molecule has 1 aliphatic rings. The summed E-state index contributed by atoms with van der Waals surface area (Å²) in [5, 5.41) is 12.8. The van der Waals surface area contributed by atoms with Gasteiger partial charge in [-0.1, -0.05) is 11.6 Å². The van der Waals surface area contributed by atoms with E-state index in [2.05, 4.69) is 11.4 Å². The lowest BCUT2D eigenvalue weighted by atomic mass is 10.1. The average molecular weight is 251 g/mol. The summed E-state index contributed by atoms with van der Waals surface area (Å²) in [7, 11) is 0. The second-order valence-electron chi connectivity index (χ2n) is 4.25. The molecule has 4 heteroatoms. The maximum Gasteiger partial charge on any atom is 0.137 e. The van der Waals surface area contributed by atoms with E-state index >= 15 is 0 Å². The van der Waals surface area contributed by atoms with Crippen molar-refractivity contribution in [3.8, 4) is 11.8 Å².